The van der Waals surface area contributed by atoms with Gasteiger partial charge in [-0.15, -0.1) is 0 Å². The van der Waals surface area contributed by atoms with Gasteiger partial charge in [-0.3, -0.25) is 4.90 Å². The summed E-state index contributed by atoms with van der Waals surface area (Å²) in [6, 6.07) is 11.3. The van der Waals surface area contributed by atoms with Gasteiger partial charge in [0.25, 0.3) is 0 Å². The van der Waals surface area contributed by atoms with Gasteiger partial charge in [-0.25, -0.2) is 0 Å². The fraction of sp³-hybridized carbons (Fsp3) is 0.385. The first kappa shape index (κ1) is 9.47. The van der Waals surface area contributed by atoms with Crippen LogP contribution in [0.2, 0.25) is 0 Å². The number of benzene rings is 1. The Morgan fingerprint density at radius 2 is 1.93 bits per heavy atom. The van der Waals surface area contributed by atoms with Crippen molar-refractivity contribution in [1.82, 2.24) is 4.90 Å². The lowest BCUT2D eigenvalue weighted by atomic mass is 9.97. The van der Waals surface area contributed by atoms with Gasteiger partial charge in [-0.05, 0) is 31.5 Å². The SMILES string of the molecule is CC1C=C(c2ccccc2)CCN1C. The Labute approximate surface area is 86.1 Å². The second-order valence-electron chi connectivity index (χ2n) is 4.03. The summed E-state index contributed by atoms with van der Waals surface area (Å²) in [5, 5.41) is 0. The second-order valence-corrected chi connectivity index (χ2v) is 4.03. The molecule has 74 valence electrons. The summed E-state index contributed by atoms with van der Waals surface area (Å²) >= 11 is 0. The van der Waals surface area contributed by atoms with Crippen molar-refractivity contribution in [2.24, 2.45) is 0 Å². The fourth-order valence-electron chi connectivity index (χ4n) is 1.89. The maximum Gasteiger partial charge on any atom is 0.0252 e. The van der Waals surface area contributed by atoms with E-state index in [0.29, 0.717) is 6.04 Å². The zero-order chi connectivity index (χ0) is 9.97. The summed E-state index contributed by atoms with van der Waals surface area (Å²) in [5.74, 6) is 0. The Balaban J connectivity index is 2.24. The quantitative estimate of drug-likeness (QED) is 0.653. The minimum Gasteiger partial charge on any atom is -0.300 e. The average Bonchev–Trinajstić information content (AvgIpc) is 2.23. The average molecular weight is 187 g/mol. The van der Waals surface area contributed by atoms with Crippen molar-refractivity contribution in [1.29, 1.82) is 0 Å². The van der Waals surface area contributed by atoms with Crippen molar-refractivity contribution < 1.29 is 0 Å². The first-order chi connectivity index (χ1) is 6.77. The lowest BCUT2D eigenvalue weighted by Gasteiger charge is -2.28. The maximum absolute atomic E-state index is 2.38. The predicted octanol–water partition coefficient (Wildman–Crippen LogP) is 2.79. The molecular weight excluding hydrogens is 170 g/mol. The predicted molar refractivity (Wildman–Crippen MR) is 61.1 cm³/mol. The minimum atomic E-state index is 0.568. The third-order valence-corrected chi connectivity index (χ3v) is 3.02. The zero-order valence-electron chi connectivity index (χ0n) is 8.90. The van der Waals surface area contributed by atoms with Gasteiger partial charge >= 0.3 is 0 Å². The van der Waals surface area contributed by atoms with Gasteiger partial charge in [0.05, 0.1) is 0 Å². The van der Waals surface area contributed by atoms with E-state index in [9.17, 15) is 0 Å². The molecule has 0 fully saturated rings. The monoisotopic (exact) mass is 187 g/mol. The highest BCUT2D eigenvalue weighted by atomic mass is 15.1. The topological polar surface area (TPSA) is 3.24 Å². The maximum atomic E-state index is 2.38. The van der Waals surface area contributed by atoms with E-state index in [1.54, 1.807) is 0 Å². The molecule has 1 nitrogen and oxygen atoms in total. The lowest BCUT2D eigenvalue weighted by molar-refractivity contribution is 0.294. The highest BCUT2D eigenvalue weighted by Gasteiger charge is 2.14. The molecule has 1 aromatic rings. The molecule has 0 radical (unpaired) electrons. The Bertz CT molecular complexity index is 326. The third-order valence-electron chi connectivity index (χ3n) is 3.02. The molecule has 1 unspecified atom stereocenters. The molecular formula is C13H17N. The molecule has 0 spiro atoms. The number of rotatable bonds is 1. The molecule has 0 aliphatic carbocycles. The summed E-state index contributed by atoms with van der Waals surface area (Å²) < 4.78 is 0. The molecule has 0 aromatic heterocycles. The van der Waals surface area contributed by atoms with E-state index in [0.717, 1.165) is 0 Å². The van der Waals surface area contributed by atoms with Crippen molar-refractivity contribution in [2.75, 3.05) is 13.6 Å². The molecule has 0 amide bonds. The van der Waals surface area contributed by atoms with Crippen LogP contribution in [0.25, 0.3) is 5.57 Å². The van der Waals surface area contributed by atoms with Crippen LogP contribution >= 0.6 is 0 Å². The van der Waals surface area contributed by atoms with Gasteiger partial charge in [0.2, 0.25) is 0 Å². The van der Waals surface area contributed by atoms with E-state index in [2.05, 4.69) is 55.3 Å². The van der Waals surface area contributed by atoms with Crippen LogP contribution in [-0.4, -0.2) is 24.5 Å². The van der Waals surface area contributed by atoms with Gasteiger partial charge in [-0.1, -0.05) is 36.4 Å². The van der Waals surface area contributed by atoms with Crippen LogP contribution < -0.4 is 0 Å². The Hall–Kier alpha value is -1.08. The van der Waals surface area contributed by atoms with E-state index in [1.165, 1.54) is 24.1 Å². The van der Waals surface area contributed by atoms with E-state index >= 15 is 0 Å². The summed E-state index contributed by atoms with van der Waals surface area (Å²) in [6.07, 6.45) is 3.55. The van der Waals surface area contributed by atoms with Crippen molar-refractivity contribution in [3.05, 3.63) is 42.0 Å². The second kappa shape index (κ2) is 3.97. The summed E-state index contributed by atoms with van der Waals surface area (Å²) in [5.41, 5.74) is 2.88. The summed E-state index contributed by atoms with van der Waals surface area (Å²) in [6.45, 7) is 3.42. The van der Waals surface area contributed by atoms with Gasteiger partial charge < -0.3 is 0 Å². The molecule has 0 N–H and O–H groups in total. The van der Waals surface area contributed by atoms with E-state index in [1.807, 2.05) is 0 Å². The molecule has 1 heterocycles. The molecule has 0 saturated heterocycles. The van der Waals surface area contributed by atoms with Gasteiger partial charge in [0.1, 0.15) is 0 Å². The third kappa shape index (κ3) is 1.88. The fourth-order valence-corrected chi connectivity index (χ4v) is 1.89. The molecule has 1 heteroatoms. The van der Waals surface area contributed by atoms with Crippen molar-refractivity contribution in [2.45, 2.75) is 19.4 Å². The van der Waals surface area contributed by atoms with Crippen molar-refractivity contribution >= 4 is 5.57 Å². The van der Waals surface area contributed by atoms with Crippen LogP contribution in [-0.2, 0) is 0 Å². The number of hydrogen-bond donors (Lipinski definition) is 0. The summed E-state index contributed by atoms with van der Waals surface area (Å²) in [4.78, 5) is 2.38. The van der Waals surface area contributed by atoms with Crippen LogP contribution in [0.4, 0.5) is 0 Å². The van der Waals surface area contributed by atoms with E-state index in [4.69, 9.17) is 0 Å². The smallest absolute Gasteiger partial charge is 0.0252 e. The number of hydrogen-bond acceptors (Lipinski definition) is 1. The van der Waals surface area contributed by atoms with Crippen LogP contribution in [0, 0.1) is 0 Å². The zero-order valence-corrected chi connectivity index (χ0v) is 8.90. The van der Waals surface area contributed by atoms with E-state index < -0.39 is 0 Å². The molecule has 0 saturated carbocycles. The standard InChI is InChI=1S/C13H17N/c1-11-10-13(8-9-14(11)2)12-6-4-3-5-7-12/h3-7,10-11H,8-9H2,1-2H3. The highest BCUT2D eigenvalue weighted by Crippen LogP contribution is 2.23. The molecule has 1 aromatic carbocycles. The number of likely N-dealkylation sites (N-methyl/N-ethyl adjacent to an activating group) is 1. The molecule has 0 bridgehead atoms. The lowest BCUT2D eigenvalue weighted by Crippen LogP contribution is -2.31. The Morgan fingerprint density at radius 1 is 1.21 bits per heavy atom. The van der Waals surface area contributed by atoms with Crippen LogP contribution in [0.3, 0.4) is 0 Å². The first-order valence-electron chi connectivity index (χ1n) is 5.24. The first-order valence-corrected chi connectivity index (χ1v) is 5.24. The Morgan fingerprint density at radius 3 is 2.57 bits per heavy atom. The van der Waals surface area contributed by atoms with E-state index in [-0.39, 0.29) is 0 Å². The normalized spacial score (nSPS) is 23.3. The van der Waals surface area contributed by atoms with Crippen LogP contribution in [0.15, 0.2) is 36.4 Å². The van der Waals surface area contributed by atoms with Crippen molar-refractivity contribution in [3.8, 4) is 0 Å². The Kier molecular flexibility index (Phi) is 2.69. The van der Waals surface area contributed by atoms with Crippen LogP contribution in [0.1, 0.15) is 18.9 Å². The largest absolute Gasteiger partial charge is 0.300 e. The minimum absolute atomic E-state index is 0.568. The highest BCUT2D eigenvalue weighted by molar-refractivity contribution is 5.66. The molecule has 2 rings (SSSR count). The van der Waals surface area contributed by atoms with Crippen LogP contribution in [0.5, 0.6) is 0 Å². The van der Waals surface area contributed by atoms with Gasteiger partial charge in [0.15, 0.2) is 0 Å². The van der Waals surface area contributed by atoms with Gasteiger partial charge in [-0.2, -0.15) is 0 Å². The molecule has 14 heavy (non-hydrogen) atoms. The molecule has 1 aliphatic heterocycles. The van der Waals surface area contributed by atoms with Crippen molar-refractivity contribution in [3.63, 3.8) is 0 Å². The number of nitrogens with zero attached hydrogens (tertiary/aromatic N) is 1. The molecule has 1 atom stereocenters. The summed E-state index contributed by atoms with van der Waals surface area (Å²) in [7, 11) is 2.18. The molecule has 1 aliphatic rings. The van der Waals surface area contributed by atoms with Gasteiger partial charge in [0, 0.05) is 12.6 Å².